The maximum Gasteiger partial charge on any atom is 0.126 e. The van der Waals surface area contributed by atoms with Crippen molar-refractivity contribution in [3.8, 4) is 0 Å². The van der Waals surface area contributed by atoms with Gasteiger partial charge in [0.25, 0.3) is 0 Å². The van der Waals surface area contributed by atoms with E-state index in [1.54, 1.807) is 7.05 Å². The minimum Gasteiger partial charge on any atom is -0.309 e. The molecule has 0 aromatic heterocycles. The Hall–Kier alpha value is -1.74. The molecule has 1 atom stereocenters. The normalized spacial score (nSPS) is 13.2. The van der Waals surface area contributed by atoms with E-state index in [-0.39, 0.29) is 11.5 Å². The van der Waals surface area contributed by atoms with Gasteiger partial charge in [-0.25, -0.2) is 8.78 Å². The number of nitrogens with one attached hydrogen (secondary N) is 1. The van der Waals surface area contributed by atoms with Crippen LogP contribution in [0.5, 0.6) is 0 Å². The average Bonchev–Trinajstić information content (AvgIpc) is 2.38. The van der Waals surface area contributed by atoms with Gasteiger partial charge in [-0.1, -0.05) is 45.0 Å². The molecule has 0 heterocycles. The van der Waals surface area contributed by atoms with Crippen molar-refractivity contribution >= 4 is 0 Å². The van der Waals surface area contributed by atoms with Gasteiger partial charge in [-0.15, -0.1) is 0 Å². The first-order valence-corrected chi connectivity index (χ1v) is 7.05. The molecule has 2 aromatic carbocycles. The van der Waals surface area contributed by atoms with Crippen LogP contribution >= 0.6 is 0 Å². The minimum atomic E-state index is -0.559. The fourth-order valence-electron chi connectivity index (χ4n) is 2.44. The molecule has 3 heteroatoms. The SMILES string of the molecule is CNC(c1ccc(C(C)(C)C)cc1)c1cc(F)cc(F)c1. The van der Waals surface area contributed by atoms with E-state index in [2.05, 4.69) is 38.2 Å². The van der Waals surface area contributed by atoms with Gasteiger partial charge in [0.05, 0.1) is 6.04 Å². The third kappa shape index (κ3) is 3.67. The molecule has 112 valence electrons. The molecular weight excluding hydrogens is 268 g/mol. The summed E-state index contributed by atoms with van der Waals surface area (Å²) in [5.41, 5.74) is 2.87. The molecule has 0 aliphatic heterocycles. The Labute approximate surface area is 125 Å². The Kier molecular flexibility index (Phi) is 4.43. The molecule has 1 N–H and O–H groups in total. The van der Waals surface area contributed by atoms with Gasteiger partial charge >= 0.3 is 0 Å². The third-order valence-corrected chi connectivity index (χ3v) is 3.62. The van der Waals surface area contributed by atoms with E-state index in [1.807, 2.05) is 12.1 Å². The Morgan fingerprint density at radius 3 is 1.81 bits per heavy atom. The number of rotatable bonds is 3. The summed E-state index contributed by atoms with van der Waals surface area (Å²) in [4.78, 5) is 0. The molecule has 0 fully saturated rings. The van der Waals surface area contributed by atoms with E-state index < -0.39 is 11.6 Å². The maximum atomic E-state index is 13.4. The van der Waals surface area contributed by atoms with Crippen LogP contribution in [0.25, 0.3) is 0 Å². The van der Waals surface area contributed by atoms with Gasteiger partial charge in [0, 0.05) is 6.07 Å². The Morgan fingerprint density at radius 1 is 0.857 bits per heavy atom. The van der Waals surface area contributed by atoms with Crippen LogP contribution in [0.4, 0.5) is 8.78 Å². The van der Waals surface area contributed by atoms with Gasteiger partial charge in [0.2, 0.25) is 0 Å². The summed E-state index contributed by atoms with van der Waals surface area (Å²) >= 11 is 0. The largest absolute Gasteiger partial charge is 0.309 e. The number of halogens is 2. The van der Waals surface area contributed by atoms with Crippen LogP contribution in [0.2, 0.25) is 0 Å². The van der Waals surface area contributed by atoms with E-state index in [0.29, 0.717) is 5.56 Å². The van der Waals surface area contributed by atoms with Gasteiger partial charge in [-0.3, -0.25) is 0 Å². The molecule has 0 aliphatic carbocycles. The first-order valence-electron chi connectivity index (χ1n) is 7.05. The summed E-state index contributed by atoms with van der Waals surface area (Å²) in [6, 6.07) is 11.5. The summed E-state index contributed by atoms with van der Waals surface area (Å²) in [5.74, 6) is -1.12. The van der Waals surface area contributed by atoms with Gasteiger partial charge in [0.1, 0.15) is 11.6 Å². The third-order valence-electron chi connectivity index (χ3n) is 3.62. The molecule has 0 saturated carbocycles. The molecule has 2 rings (SSSR count). The van der Waals surface area contributed by atoms with Gasteiger partial charge in [-0.05, 0) is 41.3 Å². The highest BCUT2D eigenvalue weighted by atomic mass is 19.1. The summed E-state index contributed by atoms with van der Waals surface area (Å²) in [7, 11) is 1.78. The fourth-order valence-corrected chi connectivity index (χ4v) is 2.44. The van der Waals surface area contributed by atoms with Gasteiger partial charge in [-0.2, -0.15) is 0 Å². The molecule has 0 saturated heterocycles. The summed E-state index contributed by atoms with van der Waals surface area (Å²) < 4.78 is 26.8. The molecule has 21 heavy (non-hydrogen) atoms. The van der Waals surface area contributed by atoms with E-state index in [4.69, 9.17) is 0 Å². The van der Waals surface area contributed by atoms with Crippen molar-refractivity contribution in [1.82, 2.24) is 5.32 Å². The molecular formula is C18H21F2N. The zero-order valence-electron chi connectivity index (χ0n) is 12.9. The monoisotopic (exact) mass is 289 g/mol. The number of benzene rings is 2. The van der Waals surface area contributed by atoms with Crippen LogP contribution in [0.3, 0.4) is 0 Å². The van der Waals surface area contributed by atoms with Crippen molar-refractivity contribution in [1.29, 1.82) is 0 Å². The quantitative estimate of drug-likeness (QED) is 0.872. The Bertz CT molecular complexity index is 592. The Balaban J connectivity index is 2.37. The van der Waals surface area contributed by atoms with Crippen LogP contribution in [-0.4, -0.2) is 7.05 Å². The number of hydrogen-bond donors (Lipinski definition) is 1. The van der Waals surface area contributed by atoms with Crippen molar-refractivity contribution in [2.45, 2.75) is 32.2 Å². The summed E-state index contributed by atoms with van der Waals surface area (Å²) in [6.07, 6.45) is 0. The highest BCUT2D eigenvalue weighted by Crippen LogP contribution is 2.27. The predicted molar refractivity (Wildman–Crippen MR) is 82.4 cm³/mol. The minimum absolute atomic E-state index is 0.0820. The predicted octanol–water partition coefficient (Wildman–Crippen LogP) is 4.57. The van der Waals surface area contributed by atoms with E-state index >= 15 is 0 Å². The fraction of sp³-hybridized carbons (Fsp3) is 0.333. The van der Waals surface area contributed by atoms with Crippen LogP contribution in [0.15, 0.2) is 42.5 Å². The lowest BCUT2D eigenvalue weighted by Gasteiger charge is -2.22. The highest BCUT2D eigenvalue weighted by Gasteiger charge is 2.17. The van der Waals surface area contributed by atoms with E-state index in [1.165, 1.54) is 17.7 Å². The molecule has 2 aromatic rings. The molecule has 0 amide bonds. The van der Waals surface area contributed by atoms with Crippen LogP contribution in [0.1, 0.15) is 43.5 Å². The molecule has 0 spiro atoms. The van der Waals surface area contributed by atoms with Gasteiger partial charge < -0.3 is 5.32 Å². The van der Waals surface area contributed by atoms with Crippen molar-refractivity contribution in [2.75, 3.05) is 7.05 Å². The second-order valence-corrected chi connectivity index (χ2v) is 6.30. The first kappa shape index (κ1) is 15.6. The zero-order chi connectivity index (χ0) is 15.6. The topological polar surface area (TPSA) is 12.0 Å². The molecule has 0 aliphatic rings. The molecule has 0 bridgehead atoms. The highest BCUT2D eigenvalue weighted by molar-refractivity contribution is 5.35. The lowest BCUT2D eigenvalue weighted by molar-refractivity contribution is 0.571. The van der Waals surface area contributed by atoms with Crippen LogP contribution < -0.4 is 5.32 Å². The Morgan fingerprint density at radius 2 is 1.38 bits per heavy atom. The molecule has 1 unspecified atom stereocenters. The molecule has 1 nitrogen and oxygen atoms in total. The van der Waals surface area contributed by atoms with E-state index in [9.17, 15) is 8.78 Å². The van der Waals surface area contributed by atoms with Crippen LogP contribution in [-0.2, 0) is 5.41 Å². The standard InChI is InChI=1S/C18H21F2N/c1-18(2,3)14-7-5-12(6-8-14)17(21-4)13-9-15(19)11-16(20)10-13/h5-11,17,21H,1-4H3. The zero-order valence-corrected chi connectivity index (χ0v) is 12.9. The second-order valence-electron chi connectivity index (χ2n) is 6.30. The second kappa shape index (κ2) is 5.94. The average molecular weight is 289 g/mol. The lowest BCUT2D eigenvalue weighted by atomic mass is 9.86. The van der Waals surface area contributed by atoms with Gasteiger partial charge in [0.15, 0.2) is 0 Å². The first-order chi connectivity index (χ1) is 9.81. The maximum absolute atomic E-state index is 13.4. The van der Waals surface area contributed by atoms with Crippen molar-refractivity contribution < 1.29 is 8.78 Å². The van der Waals surface area contributed by atoms with Crippen molar-refractivity contribution in [3.63, 3.8) is 0 Å². The summed E-state index contributed by atoms with van der Waals surface area (Å²) in [5, 5.41) is 3.11. The van der Waals surface area contributed by atoms with E-state index in [0.717, 1.165) is 11.6 Å². The van der Waals surface area contributed by atoms with Crippen LogP contribution in [0, 0.1) is 11.6 Å². The lowest BCUT2D eigenvalue weighted by Crippen LogP contribution is -2.18. The van der Waals surface area contributed by atoms with Crippen molar-refractivity contribution in [2.24, 2.45) is 0 Å². The van der Waals surface area contributed by atoms with Crippen molar-refractivity contribution in [3.05, 3.63) is 70.8 Å². The smallest absolute Gasteiger partial charge is 0.126 e. The summed E-state index contributed by atoms with van der Waals surface area (Å²) in [6.45, 7) is 6.46. The molecule has 0 radical (unpaired) electrons. The number of hydrogen-bond acceptors (Lipinski definition) is 1.